The molecule has 1 aromatic carbocycles. The Morgan fingerprint density at radius 1 is 1.19 bits per heavy atom. The quantitative estimate of drug-likeness (QED) is 0.905. The molecule has 1 aliphatic carbocycles. The molecule has 0 unspecified atom stereocenters. The fourth-order valence-electron chi connectivity index (χ4n) is 2.76. The van der Waals surface area contributed by atoms with Crippen molar-refractivity contribution in [2.45, 2.75) is 39.0 Å². The number of hydrogen-bond acceptors (Lipinski definition) is 2. The molecular weight excluding hydrogens is 264 g/mol. The molecule has 4 nitrogen and oxygen atoms in total. The summed E-state index contributed by atoms with van der Waals surface area (Å²) in [6, 6.07) is 7.64. The second kappa shape index (κ2) is 7.25. The van der Waals surface area contributed by atoms with Gasteiger partial charge in [0.05, 0.1) is 6.54 Å². The van der Waals surface area contributed by atoms with Gasteiger partial charge in [0.15, 0.2) is 0 Å². The molecule has 0 radical (unpaired) electrons. The maximum absolute atomic E-state index is 12.1. The normalized spacial score (nSPS) is 15.0. The van der Waals surface area contributed by atoms with Crippen LogP contribution in [-0.2, 0) is 9.59 Å². The number of nitrogens with zero attached hydrogens (tertiary/aromatic N) is 1. The molecule has 0 atom stereocenters. The van der Waals surface area contributed by atoms with Crippen molar-refractivity contribution in [1.29, 1.82) is 0 Å². The Morgan fingerprint density at radius 3 is 2.43 bits per heavy atom. The van der Waals surface area contributed by atoms with Gasteiger partial charge in [-0.15, -0.1) is 0 Å². The molecule has 1 fully saturated rings. The van der Waals surface area contributed by atoms with Crippen LogP contribution in [-0.4, -0.2) is 30.3 Å². The molecular formula is C17H24N2O2. The number of amides is 2. The van der Waals surface area contributed by atoms with Gasteiger partial charge in [0.2, 0.25) is 11.8 Å². The Labute approximate surface area is 126 Å². The van der Waals surface area contributed by atoms with Crippen LogP contribution in [0.4, 0.5) is 5.69 Å². The first-order chi connectivity index (χ1) is 10.0. The van der Waals surface area contributed by atoms with Crippen molar-refractivity contribution >= 4 is 17.5 Å². The smallest absolute Gasteiger partial charge is 0.243 e. The molecule has 0 spiro atoms. The monoisotopic (exact) mass is 288 g/mol. The topological polar surface area (TPSA) is 49.4 Å². The van der Waals surface area contributed by atoms with E-state index in [2.05, 4.69) is 5.32 Å². The fraction of sp³-hybridized carbons (Fsp3) is 0.529. The van der Waals surface area contributed by atoms with Crippen molar-refractivity contribution in [3.05, 3.63) is 29.8 Å². The summed E-state index contributed by atoms with van der Waals surface area (Å²) in [6.45, 7) is 2.11. The summed E-state index contributed by atoms with van der Waals surface area (Å²) < 4.78 is 0. The number of aryl methyl sites for hydroxylation is 1. The minimum atomic E-state index is -0.152. The van der Waals surface area contributed by atoms with Gasteiger partial charge in [-0.2, -0.15) is 0 Å². The molecule has 2 rings (SSSR count). The zero-order valence-corrected chi connectivity index (χ0v) is 12.9. The minimum Gasteiger partial charge on any atom is -0.336 e. The maximum atomic E-state index is 12.1. The van der Waals surface area contributed by atoms with E-state index >= 15 is 0 Å². The van der Waals surface area contributed by atoms with E-state index in [0.29, 0.717) is 12.3 Å². The highest BCUT2D eigenvalue weighted by atomic mass is 16.2. The summed E-state index contributed by atoms with van der Waals surface area (Å²) in [4.78, 5) is 25.6. The number of benzene rings is 1. The van der Waals surface area contributed by atoms with Gasteiger partial charge in [0.25, 0.3) is 0 Å². The van der Waals surface area contributed by atoms with Crippen LogP contribution < -0.4 is 5.32 Å². The van der Waals surface area contributed by atoms with Gasteiger partial charge in [0.1, 0.15) is 0 Å². The third-order valence-corrected chi connectivity index (χ3v) is 4.08. The van der Waals surface area contributed by atoms with E-state index in [1.165, 1.54) is 17.7 Å². The predicted octanol–water partition coefficient (Wildman–Crippen LogP) is 2.97. The minimum absolute atomic E-state index is 0.0703. The van der Waals surface area contributed by atoms with Crippen LogP contribution in [0, 0.1) is 12.8 Å². The summed E-state index contributed by atoms with van der Waals surface area (Å²) in [5.74, 6) is 0.433. The second-order valence-corrected chi connectivity index (χ2v) is 6.02. The Balaban J connectivity index is 1.78. The Hall–Kier alpha value is -1.84. The summed E-state index contributed by atoms with van der Waals surface area (Å²) >= 11 is 0. The third kappa shape index (κ3) is 4.88. The van der Waals surface area contributed by atoms with Crippen molar-refractivity contribution in [3.8, 4) is 0 Å². The van der Waals surface area contributed by atoms with E-state index in [1.807, 2.05) is 31.2 Å². The average Bonchev–Trinajstić information content (AvgIpc) is 2.94. The van der Waals surface area contributed by atoms with Crippen molar-refractivity contribution in [2.75, 3.05) is 18.9 Å². The van der Waals surface area contributed by atoms with E-state index in [4.69, 9.17) is 0 Å². The molecule has 0 aliphatic heterocycles. The van der Waals surface area contributed by atoms with Gasteiger partial charge < -0.3 is 10.2 Å². The highest BCUT2D eigenvalue weighted by Crippen LogP contribution is 2.27. The zero-order valence-electron chi connectivity index (χ0n) is 12.9. The molecule has 1 saturated carbocycles. The summed E-state index contributed by atoms with van der Waals surface area (Å²) in [7, 11) is 1.70. The molecule has 1 aromatic rings. The number of nitrogens with one attached hydrogen (secondary N) is 1. The highest BCUT2D eigenvalue weighted by molar-refractivity contribution is 5.94. The summed E-state index contributed by atoms with van der Waals surface area (Å²) in [5, 5.41) is 2.82. The SMILES string of the molecule is Cc1ccc(NC(=O)CN(C)C(=O)CC2CCCC2)cc1. The van der Waals surface area contributed by atoms with Crippen LogP contribution in [0.15, 0.2) is 24.3 Å². The number of carbonyl (C=O) groups excluding carboxylic acids is 2. The number of likely N-dealkylation sites (N-methyl/N-ethyl adjacent to an activating group) is 1. The molecule has 0 aromatic heterocycles. The van der Waals surface area contributed by atoms with Gasteiger partial charge in [-0.1, -0.05) is 30.5 Å². The highest BCUT2D eigenvalue weighted by Gasteiger charge is 2.21. The first kappa shape index (κ1) is 15.5. The van der Waals surface area contributed by atoms with Crippen molar-refractivity contribution < 1.29 is 9.59 Å². The lowest BCUT2D eigenvalue weighted by Gasteiger charge is -2.19. The number of hydrogen-bond donors (Lipinski definition) is 1. The molecule has 2 amide bonds. The van der Waals surface area contributed by atoms with Crippen LogP contribution in [0.1, 0.15) is 37.7 Å². The van der Waals surface area contributed by atoms with Crippen LogP contribution in [0.25, 0.3) is 0 Å². The number of carbonyl (C=O) groups is 2. The summed E-state index contributed by atoms with van der Waals surface area (Å²) in [5.41, 5.74) is 1.92. The van der Waals surface area contributed by atoms with Gasteiger partial charge in [-0.3, -0.25) is 9.59 Å². The van der Waals surface area contributed by atoms with Crippen LogP contribution in [0.2, 0.25) is 0 Å². The third-order valence-electron chi connectivity index (χ3n) is 4.08. The molecule has 114 valence electrons. The average molecular weight is 288 g/mol. The van der Waals surface area contributed by atoms with Gasteiger partial charge in [0, 0.05) is 19.2 Å². The second-order valence-electron chi connectivity index (χ2n) is 6.02. The van der Waals surface area contributed by atoms with Crippen molar-refractivity contribution in [2.24, 2.45) is 5.92 Å². The first-order valence-electron chi connectivity index (χ1n) is 7.65. The van der Waals surface area contributed by atoms with Gasteiger partial charge >= 0.3 is 0 Å². The fourth-order valence-corrected chi connectivity index (χ4v) is 2.76. The van der Waals surface area contributed by atoms with E-state index in [-0.39, 0.29) is 18.4 Å². The van der Waals surface area contributed by atoms with Gasteiger partial charge in [-0.25, -0.2) is 0 Å². The van der Waals surface area contributed by atoms with Gasteiger partial charge in [-0.05, 0) is 37.8 Å². The number of anilines is 1. The Bertz CT molecular complexity index is 490. The molecule has 21 heavy (non-hydrogen) atoms. The lowest BCUT2D eigenvalue weighted by molar-refractivity contribution is -0.134. The standard InChI is InChI=1S/C17H24N2O2/c1-13-7-9-15(10-8-13)18-16(20)12-19(2)17(21)11-14-5-3-4-6-14/h7-10,14H,3-6,11-12H2,1-2H3,(H,18,20). The Kier molecular flexibility index (Phi) is 5.37. The van der Waals surface area contributed by atoms with E-state index in [0.717, 1.165) is 24.1 Å². The lowest BCUT2D eigenvalue weighted by Crippen LogP contribution is -2.35. The van der Waals surface area contributed by atoms with E-state index < -0.39 is 0 Å². The molecule has 1 N–H and O–H groups in total. The molecule has 0 saturated heterocycles. The van der Waals surface area contributed by atoms with Crippen LogP contribution >= 0.6 is 0 Å². The van der Waals surface area contributed by atoms with E-state index in [9.17, 15) is 9.59 Å². The first-order valence-corrected chi connectivity index (χ1v) is 7.65. The van der Waals surface area contributed by atoms with E-state index in [1.54, 1.807) is 7.05 Å². The molecule has 0 bridgehead atoms. The lowest BCUT2D eigenvalue weighted by atomic mass is 10.0. The van der Waals surface area contributed by atoms with Crippen molar-refractivity contribution in [1.82, 2.24) is 4.90 Å². The molecule has 0 heterocycles. The van der Waals surface area contributed by atoms with Crippen LogP contribution in [0.3, 0.4) is 0 Å². The predicted molar refractivity (Wildman–Crippen MR) is 84.0 cm³/mol. The van der Waals surface area contributed by atoms with Crippen LogP contribution in [0.5, 0.6) is 0 Å². The molecule has 4 heteroatoms. The largest absolute Gasteiger partial charge is 0.336 e. The Morgan fingerprint density at radius 2 is 1.81 bits per heavy atom. The maximum Gasteiger partial charge on any atom is 0.243 e. The van der Waals surface area contributed by atoms with Crippen molar-refractivity contribution in [3.63, 3.8) is 0 Å². The molecule has 1 aliphatic rings. The zero-order chi connectivity index (χ0) is 15.2. The number of rotatable bonds is 5. The summed E-state index contributed by atoms with van der Waals surface area (Å²) in [6.07, 6.45) is 5.34.